The van der Waals surface area contributed by atoms with Crippen LogP contribution in [0.4, 0.5) is 0 Å². The van der Waals surface area contributed by atoms with Crippen molar-refractivity contribution in [1.29, 1.82) is 0 Å². The molecule has 0 saturated carbocycles. The summed E-state index contributed by atoms with van der Waals surface area (Å²) in [6.45, 7) is 3.60. The second kappa shape index (κ2) is 5.04. The number of hydrogen-bond donors (Lipinski definition) is 2. The molecule has 94 valence electrons. The Labute approximate surface area is 106 Å². The second-order valence-electron chi connectivity index (χ2n) is 4.58. The highest BCUT2D eigenvalue weighted by Crippen LogP contribution is 2.10. The van der Waals surface area contributed by atoms with Gasteiger partial charge in [-0.1, -0.05) is 30.3 Å². The van der Waals surface area contributed by atoms with Crippen LogP contribution in [-0.4, -0.2) is 17.9 Å². The molecule has 1 fully saturated rings. The molecule has 1 aromatic rings. The average molecular weight is 244 g/mol. The van der Waals surface area contributed by atoms with E-state index in [2.05, 4.69) is 10.6 Å². The van der Waals surface area contributed by atoms with Crippen molar-refractivity contribution in [2.45, 2.75) is 26.3 Å². The topological polar surface area (TPSA) is 58.2 Å². The van der Waals surface area contributed by atoms with Gasteiger partial charge in [0, 0.05) is 6.42 Å². The third-order valence-corrected chi connectivity index (χ3v) is 2.88. The summed E-state index contributed by atoms with van der Waals surface area (Å²) in [5.41, 5.74) is 2.20. The van der Waals surface area contributed by atoms with Crippen LogP contribution in [-0.2, 0) is 16.0 Å². The number of carbonyl (C=O) groups excluding carboxylic acids is 2. The highest BCUT2D eigenvalue weighted by atomic mass is 16.2. The fraction of sp³-hybridized carbons (Fsp3) is 0.286. The van der Waals surface area contributed by atoms with Gasteiger partial charge in [0.25, 0.3) is 5.91 Å². The van der Waals surface area contributed by atoms with Crippen LogP contribution in [0.25, 0.3) is 0 Å². The summed E-state index contributed by atoms with van der Waals surface area (Å²) in [6, 6.07) is 9.14. The number of carbonyl (C=O) groups is 2. The first-order valence-electron chi connectivity index (χ1n) is 5.91. The molecule has 0 aliphatic carbocycles. The molecular formula is C14H16N2O2. The van der Waals surface area contributed by atoms with E-state index < -0.39 is 6.04 Å². The van der Waals surface area contributed by atoms with Crippen LogP contribution in [0.2, 0.25) is 0 Å². The van der Waals surface area contributed by atoms with Crippen LogP contribution >= 0.6 is 0 Å². The van der Waals surface area contributed by atoms with E-state index in [9.17, 15) is 9.59 Å². The second-order valence-corrected chi connectivity index (χ2v) is 4.58. The third-order valence-electron chi connectivity index (χ3n) is 2.88. The van der Waals surface area contributed by atoms with Crippen molar-refractivity contribution in [3.05, 3.63) is 47.2 Å². The molecule has 1 atom stereocenters. The first-order chi connectivity index (χ1) is 8.58. The fourth-order valence-corrected chi connectivity index (χ4v) is 1.91. The molecule has 1 aliphatic heterocycles. The summed E-state index contributed by atoms with van der Waals surface area (Å²) >= 11 is 0. The summed E-state index contributed by atoms with van der Waals surface area (Å²) in [7, 11) is 0. The Bertz CT molecular complexity index is 502. The molecule has 4 nitrogen and oxygen atoms in total. The van der Waals surface area contributed by atoms with Gasteiger partial charge in [-0.3, -0.25) is 9.59 Å². The van der Waals surface area contributed by atoms with E-state index in [4.69, 9.17) is 0 Å². The van der Waals surface area contributed by atoms with Gasteiger partial charge in [-0.2, -0.15) is 0 Å². The Kier molecular flexibility index (Phi) is 3.46. The summed E-state index contributed by atoms with van der Waals surface area (Å²) in [4.78, 5) is 23.7. The van der Waals surface area contributed by atoms with Crippen molar-refractivity contribution in [1.82, 2.24) is 10.6 Å². The molecule has 2 rings (SSSR count). The summed E-state index contributed by atoms with van der Waals surface area (Å²) in [5, 5.41) is 5.40. The minimum Gasteiger partial charge on any atom is -0.339 e. The van der Waals surface area contributed by atoms with E-state index in [1.54, 1.807) is 13.8 Å². The lowest BCUT2D eigenvalue weighted by Crippen LogP contribution is -2.55. The molecule has 0 unspecified atom stereocenters. The quantitative estimate of drug-likeness (QED) is 0.766. The van der Waals surface area contributed by atoms with Gasteiger partial charge in [0.1, 0.15) is 11.7 Å². The highest BCUT2D eigenvalue weighted by Gasteiger charge is 2.30. The zero-order valence-corrected chi connectivity index (χ0v) is 10.5. The van der Waals surface area contributed by atoms with Gasteiger partial charge in [-0.25, -0.2) is 0 Å². The number of hydrogen-bond acceptors (Lipinski definition) is 2. The van der Waals surface area contributed by atoms with Gasteiger partial charge in [-0.15, -0.1) is 0 Å². The third kappa shape index (κ3) is 2.59. The SMILES string of the molecule is CC(C)=C1NC(=O)[C@H](Cc2ccccc2)NC1=O. The van der Waals surface area contributed by atoms with Crippen molar-refractivity contribution in [2.24, 2.45) is 0 Å². The average Bonchev–Trinajstić information content (AvgIpc) is 2.34. The maximum atomic E-state index is 11.9. The molecule has 1 aliphatic rings. The zero-order valence-electron chi connectivity index (χ0n) is 10.5. The van der Waals surface area contributed by atoms with Gasteiger partial charge in [0.05, 0.1) is 0 Å². The van der Waals surface area contributed by atoms with Gasteiger partial charge in [0.15, 0.2) is 0 Å². The molecule has 0 aromatic heterocycles. The molecule has 2 amide bonds. The van der Waals surface area contributed by atoms with E-state index >= 15 is 0 Å². The van der Waals surface area contributed by atoms with Crippen molar-refractivity contribution in [3.63, 3.8) is 0 Å². The molecule has 0 bridgehead atoms. The van der Waals surface area contributed by atoms with Gasteiger partial charge in [0.2, 0.25) is 5.91 Å². The van der Waals surface area contributed by atoms with Crippen LogP contribution in [0.15, 0.2) is 41.6 Å². The first kappa shape index (κ1) is 12.4. The fourth-order valence-electron chi connectivity index (χ4n) is 1.91. The van der Waals surface area contributed by atoms with Crippen molar-refractivity contribution in [3.8, 4) is 0 Å². The Hall–Kier alpha value is -2.10. The molecule has 4 heteroatoms. The van der Waals surface area contributed by atoms with Crippen LogP contribution in [0.5, 0.6) is 0 Å². The lowest BCUT2D eigenvalue weighted by atomic mass is 10.0. The summed E-state index contributed by atoms with van der Waals surface area (Å²) in [5.74, 6) is -0.370. The maximum Gasteiger partial charge on any atom is 0.268 e. The first-order valence-corrected chi connectivity index (χ1v) is 5.91. The number of benzene rings is 1. The van der Waals surface area contributed by atoms with Gasteiger partial charge >= 0.3 is 0 Å². The van der Waals surface area contributed by atoms with Crippen LogP contribution in [0.3, 0.4) is 0 Å². The van der Waals surface area contributed by atoms with Crippen LogP contribution in [0, 0.1) is 0 Å². The molecule has 18 heavy (non-hydrogen) atoms. The van der Waals surface area contributed by atoms with Gasteiger partial charge < -0.3 is 10.6 Å². The maximum absolute atomic E-state index is 11.9. The Morgan fingerprint density at radius 2 is 1.83 bits per heavy atom. The van der Waals surface area contributed by atoms with Gasteiger partial charge in [-0.05, 0) is 25.0 Å². The molecule has 1 aromatic carbocycles. The van der Waals surface area contributed by atoms with E-state index in [-0.39, 0.29) is 11.8 Å². The lowest BCUT2D eigenvalue weighted by Gasteiger charge is -2.26. The van der Waals surface area contributed by atoms with Crippen LogP contribution in [0.1, 0.15) is 19.4 Å². The van der Waals surface area contributed by atoms with E-state index in [1.165, 1.54) is 0 Å². The lowest BCUT2D eigenvalue weighted by molar-refractivity contribution is -0.131. The van der Waals surface area contributed by atoms with Crippen molar-refractivity contribution >= 4 is 11.8 Å². The normalized spacial score (nSPS) is 19.2. The number of allylic oxidation sites excluding steroid dienone is 1. The van der Waals surface area contributed by atoms with Crippen LogP contribution < -0.4 is 10.6 Å². The Morgan fingerprint density at radius 3 is 2.44 bits per heavy atom. The number of piperazine rings is 1. The van der Waals surface area contributed by atoms with E-state index in [0.717, 1.165) is 11.1 Å². The number of rotatable bonds is 2. The largest absolute Gasteiger partial charge is 0.339 e. The van der Waals surface area contributed by atoms with E-state index in [0.29, 0.717) is 12.1 Å². The molecular weight excluding hydrogens is 228 g/mol. The minimum absolute atomic E-state index is 0.158. The molecule has 1 saturated heterocycles. The molecule has 0 radical (unpaired) electrons. The smallest absolute Gasteiger partial charge is 0.268 e. The number of amides is 2. The summed E-state index contributed by atoms with van der Waals surface area (Å²) < 4.78 is 0. The standard InChI is InChI=1S/C14H16N2O2/c1-9(2)12-14(18)15-11(13(17)16-12)8-10-6-4-3-5-7-10/h3-7,11H,8H2,1-2H3,(H,15,18)(H,16,17)/t11-/m0/s1. The Morgan fingerprint density at radius 1 is 1.17 bits per heavy atom. The van der Waals surface area contributed by atoms with Crippen molar-refractivity contribution < 1.29 is 9.59 Å². The predicted molar refractivity (Wildman–Crippen MR) is 68.6 cm³/mol. The predicted octanol–water partition coefficient (Wildman–Crippen LogP) is 1.14. The molecule has 1 heterocycles. The number of nitrogens with one attached hydrogen (secondary N) is 2. The summed E-state index contributed by atoms with van der Waals surface area (Å²) in [6.07, 6.45) is 0.508. The minimum atomic E-state index is -0.497. The molecule has 2 N–H and O–H groups in total. The highest BCUT2D eigenvalue weighted by molar-refractivity contribution is 6.05. The van der Waals surface area contributed by atoms with E-state index in [1.807, 2.05) is 30.3 Å². The monoisotopic (exact) mass is 244 g/mol. The van der Waals surface area contributed by atoms with Crippen molar-refractivity contribution in [2.75, 3.05) is 0 Å². The molecule has 0 spiro atoms. The zero-order chi connectivity index (χ0) is 13.1. The Balaban J connectivity index is 2.11.